The molecule has 0 saturated carbocycles. The van der Waals surface area contributed by atoms with E-state index in [0.29, 0.717) is 5.56 Å². The minimum Gasteiger partial charge on any atom is -0.477 e. The van der Waals surface area contributed by atoms with Crippen LogP contribution >= 0.6 is 0 Å². The van der Waals surface area contributed by atoms with Crippen molar-refractivity contribution in [3.63, 3.8) is 0 Å². The Morgan fingerprint density at radius 1 is 1.14 bits per heavy atom. The Hall–Kier alpha value is -3.06. The summed E-state index contributed by atoms with van der Waals surface area (Å²) in [5.41, 5.74) is 2.33. The Bertz CT molecular complexity index is 1020. The molecular formula is C21H21N3O4. The standard InChI is InChI=1S/C21H21N3O4/c25-17(10-15-6-7-22-19(12-15)21(26)27)9-14-4-5-16-13-24(23-18(16)11-14)20-3-1-2-8-28-20/h4-7,11-13,20H,1-3,8-10H2,(H,26,27). The van der Waals surface area contributed by atoms with Crippen molar-refractivity contribution in [2.24, 2.45) is 0 Å². The van der Waals surface area contributed by atoms with Crippen LogP contribution in [0.1, 0.15) is 47.1 Å². The van der Waals surface area contributed by atoms with Crippen LogP contribution in [0, 0.1) is 0 Å². The number of carboxylic acids is 1. The quantitative estimate of drug-likeness (QED) is 0.707. The van der Waals surface area contributed by atoms with Gasteiger partial charge in [0.25, 0.3) is 0 Å². The molecular weight excluding hydrogens is 358 g/mol. The van der Waals surface area contributed by atoms with E-state index in [-0.39, 0.29) is 30.5 Å². The first kappa shape index (κ1) is 18.3. The zero-order valence-electron chi connectivity index (χ0n) is 15.4. The van der Waals surface area contributed by atoms with Crippen molar-refractivity contribution in [1.82, 2.24) is 14.8 Å². The molecule has 1 unspecified atom stereocenters. The van der Waals surface area contributed by atoms with Crippen molar-refractivity contribution in [2.45, 2.75) is 38.3 Å². The Morgan fingerprint density at radius 2 is 1.96 bits per heavy atom. The van der Waals surface area contributed by atoms with Crippen LogP contribution in [0.3, 0.4) is 0 Å². The van der Waals surface area contributed by atoms with Crippen LogP contribution in [0.5, 0.6) is 0 Å². The highest BCUT2D eigenvalue weighted by Gasteiger charge is 2.17. The number of nitrogens with zero attached hydrogens (tertiary/aromatic N) is 3. The number of hydrogen-bond acceptors (Lipinski definition) is 5. The van der Waals surface area contributed by atoms with Gasteiger partial charge in [-0.3, -0.25) is 4.79 Å². The van der Waals surface area contributed by atoms with Gasteiger partial charge in [-0.25, -0.2) is 14.5 Å². The van der Waals surface area contributed by atoms with E-state index in [1.165, 1.54) is 12.3 Å². The second kappa shape index (κ2) is 7.90. The van der Waals surface area contributed by atoms with Crippen LogP contribution in [-0.4, -0.2) is 38.2 Å². The third-order valence-corrected chi connectivity index (χ3v) is 4.89. The summed E-state index contributed by atoms with van der Waals surface area (Å²) in [4.78, 5) is 27.2. The normalized spacial score (nSPS) is 16.9. The average Bonchev–Trinajstić information content (AvgIpc) is 3.12. The number of pyridine rings is 1. The summed E-state index contributed by atoms with van der Waals surface area (Å²) in [6.07, 6.45) is 7.02. The molecule has 28 heavy (non-hydrogen) atoms. The van der Waals surface area contributed by atoms with E-state index in [4.69, 9.17) is 9.84 Å². The first-order valence-corrected chi connectivity index (χ1v) is 9.38. The fraction of sp³-hybridized carbons (Fsp3) is 0.333. The molecule has 0 spiro atoms. The molecule has 0 amide bonds. The van der Waals surface area contributed by atoms with Crippen molar-refractivity contribution in [1.29, 1.82) is 0 Å². The van der Waals surface area contributed by atoms with Crippen molar-refractivity contribution in [3.8, 4) is 0 Å². The number of ether oxygens (including phenoxy) is 1. The fourth-order valence-corrected chi connectivity index (χ4v) is 3.49. The maximum absolute atomic E-state index is 12.4. The molecule has 7 heteroatoms. The highest BCUT2D eigenvalue weighted by atomic mass is 16.5. The molecule has 1 atom stereocenters. The lowest BCUT2D eigenvalue weighted by Crippen LogP contribution is -2.18. The van der Waals surface area contributed by atoms with E-state index < -0.39 is 5.97 Å². The number of aromatic carboxylic acids is 1. The molecule has 0 bridgehead atoms. The highest BCUT2D eigenvalue weighted by Crippen LogP contribution is 2.24. The summed E-state index contributed by atoms with van der Waals surface area (Å²) >= 11 is 0. The second-order valence-electron chi connectivity index (χ2n) is 7.07. The van der Waals surface area contributed by atoms with E-state index in [0.717, 1.165) is 42.3 Å². The molecule has 0 radical (unpaired) electrons. The molecule has 4 rings (SSSR count). The van der Waals surface area contributed by atoms with Crippen LogP contribution in [0.4, 0.5) is 0 Å². The largest absolute Gasteiger partial charge is 0.477 e. The van der Waals surface area contributed by atoms with Crippen molar-refractivity contribution in [3.05, 3.63) is 59.5 Å². The summed E-state index contributed by atoms with van der Waals surface area (Å²) in [6.45, 7) is 0.763. The lowest BCUT2D eigenvalue weighted by Gasteiger charge is -2.22. The smallest absolute Gasteiger partial charge is 0.354 e. The maximum Gasteiger partial charge on any atom is 0.354 e. The number of rotatable bonds is 6. The zero-order chi connectivity index (χ0) is 19.5. The van der Waals surface area contributed by atoms with Gasteiger partial charge in [0, 0.05) is 37.2 Å². The molecule has 3 aromatic rings. The molecule has 1 fully saturated rings. The number of benzene rings is 1. The van der Waals surface area contributed by atoms with Gasteiger partial charge in [0.15, 0.2) is 0 Å². The van der Waals surface area contributed by atoms with Gasteiger partial charge in [0.1, 0.15) is 17.7 Å². The summed E-state index contributed by atoms with van der Waals surface area (Å²) < 4.78 is 7.66. The van der Waals surface area contributed by atoms with E-state index in [1.807, 2.05) is 29.1 Å². The molecule has 1 aromatic carbocycles. The Morgan fingerprint density at radius 3 is 2.71 bits per heavy atom. The Kier molecular flexibility index (Phi) is 5.16. The fourth-order valence-electron chi connectivity index (χ4n) is 3.49. The molecule has 1 aliphatic rings. The number of hydrogen-bond donors (Lipinski definition) is 1. The first-order valence-electron chi connectivity index (χ1n) is 9.38. The second-order valence-corrected chi connectivity index (χ2v) is 7.07. The lowest BCUT2D eigenvalue weighted by molar-refractivity contribution is -0.117. The first-order chi connectivity index (χ1) is 13.6. The van der Waals surface area contributed by atoms with Crippen LogP contribution < -0.4 is 0 Å². The summed E-state index contributed by atoms with van der Waals surface area (Å²) in [7, 11) is 0. The van der Waals surface area contributed by atoms with E-state index >= 15 is 0 Å². The molecule has 2 aromatic heterocycles. The van der Waals surface area contributed by atoms with Crippen molar-refractivity contribution < 1.29 is 19.4 Å². The Labute approximate surface area is 162 Å². The summed E-state index contributed by atoms with van der Waals surface area (Å²) in [5, 5.41) is 14.7. The monoisotopic (exact) mass is 379 g/mol. The van der Waals surface area contributed by atoms with Crippen LogP contribution in [0.15, 0.2) is 42.7 Å². The number of carbonyl (C=O) groups excluding carboxylic acids is 1. The van der Waals surface area contributed by atoms with Crippen LogP contribution in [0.2, 0.25) is 0 Å². The number of Topliss-reactive ketones (excluding diaryl/α,β-unsaturated/α-hetero) is 1. The lowest BCUT2D eigenvalue weighted by atomic mass is 10.0. The van der Waals surface area contributed by atoms with E-state index in [2.05, 4.69) is 10.1 Å². The molecule has 1 aliphatic heterocycles. The molecule has 7 nitrogen and oxygen atoms in total. The number of carbonyl (C=O) groups is 2. The van der Waals surface area contributed by atoms with Gasteiger partial charge in [0.05, 0.1) is 5.52 Å². The SMILES string of the molecule is O=C(Cc1ccnc(C(=O)O)c1)Cc1ccc2cn(C3CCCCO3)nc2c1. The maximum atomic E-state index is 12.4. The molecule has 3 heterocycles. The average molecular weight is 379 g/mol. The third kappa shape index (κ3) is 4.09. The van der Waals surface area contributed by atoms with Crippen LogP contribution in [0.25, 0.3) is 10.9 Å². The Balaban J connectivity index is 1.46. The number of fused-ring (bicyclic) bond motifs is 1. The van der Waals surface area contributed by atoms with Crippen molar-refractivity contribution in [2.75, 3.05) is 6.61 Å². The zero-order valence-corrected chi connectivity index (χ0v) is 15.4. The predicted molar refractivity (Wildman–Crippen MR) is 102 cm³/mol. The van der Waals surface area contributed by atoms with Gasteiger partial charge in [0.2, 0.25) is 0 Å². The molecule has 144 valence electrons. The minimum absolute atomic E-state index is 0.0111. The third-order valence-electron chi connectivity index (χ3n) is 4.89. The van der Waals surface area contributed by atoms with E-state index in [9.17, 15) is 9.59 Å². The predicted octanol–water partition coefficient (Wildman–Crippen LogP) is 3.18. The van der Waals surface area contributed by atoms with Gasteiger partial charge in [-0.05, 0) is 48.6 Å². The molecule has 1 saturated heterocycles. The number of carboxylic acid groups (broad SMARTS) is 1. The van der Waals surface area contributed by atoms with Crippen LogP contribution in [-0.2, 0) is 22.4 Å². The van der Waals surface area contributed by atoms with Gasteiger partial charge < -0.3 is 9.84 Å². The summed E-state index contributed by atoms with van der Waals surface area (Å²) in [5.74, 6) is -1.09. The summed E-state index contributed by atoms with van der Waals surface area (Å²) in [6, 6.07) is 8.94. The van der Waals surface area contributed by atoms with Gasteiger partial charge >= 0.3 is 5.97 Å². The van der Waals surface area contributed by atoms with E-state index in [1.54, 1.807) is 6.07 Å². The number of aromatic nitrogens is 3. The van der Waals surface area contributed by atoms with Gasteiger partial charge in [-0.2, -0.15) is 5.10 Å². The topological polar surface area (TPSA) is 94.3 Å². The number of ketones is 1. The van der Waals surface area contributed by atoms with Gasteiger partial charge in [-0.1, -0.05) is 12.1 Å². The molecule has 0 aliphatic carbocycles. The van der Waals surface area contributed by atoms with Crippen molar-refractivity contribution >= 4 is 22.7 Å². The molecule has 1 N–H and O–H groups in total. The highest BCUT2D eigenvalue weighted by molar-refractivity contribution is 5.87. The van der Waals surface area contributed by atoms with Gasteiger partial charge in [-0.15, -0.1) is 0 Å². The minimum atomic E-state index is -1.10.